The molecule has 2 heteroatoms. The summed E-state index contributed by atoms with van der Waals surface area (Å²) < 4.78 is 0. The molecule has 0 radical (unpaired) electrons. The van der Waals surface area contributed by atoms with Crippen LogP contribution in [0.1, 0.15) is 117 Å². The van der Waals surface area contributed by atoms with Gasteiger partial charge in [0, 0.05) is 25.7 Å². The third-order valence-electron chi connectivity index (χ3n) is 5.71. The van der Waals surface area contributed by atoms with Gasteiger partial charge in [0.25, 0.3) is 0 Å². The van der Waals surface area contributed by atoms with Crippen LogP contribution in [0.2, 0.25) is 0 Å². The molecule has 1 saturated carbocycles. The molecule has 24 heavy (non-hydrogen) atoms. The molecule has 0 bridgehead atoms. The number of hydrogen-bond acceptors (Lipinski definition) is 2. The van der Waals surface area contributed by atoms with Gasteiger partial charge in [0.1, 0.15) is 11.6 Å². The number of carbonyl (C=O) groups is 2. The Hall–Kier alpha value is -0.660. The highest BCUT2D eigenvalue weighted by molar-refractivity contribution is 5.79. The van der Waals surface area contributed by atoms with Crippen LogP contribution in [-0.2, 0) is 9.59 Å². The van der Waals surface area contributed by atoms with Crippen LogP contribution in [0.25, 0.3) is 0 Å². The highest BCUT2D eigenvalue weighted by atomic mass is 16.1. The summed E-state index contributed by atoms with van der Waals surface area (Å²) in [5.41, 5.74) is 0. The number of unbranched alkanes of at least 4 members (excludes halogenated alkanes) is 4. The van der Waals surface area contributed by atoms with Crippen molar-refractivity contribution in [2.24, 2.45) is 11.8 Å². The van der Waals surface area contributed by atoms with Gasteiger partial charge in [-0.25, -0.2) is 0 Å². The fourth-order valence-corrected chi connectivity index (χ4v) is 4.14. The third-order valence-corrected chi connectivity index (χ3v) is 5.71. The van der Waals surface area contributed by atoms with E-state index in [0.29, 0.717) is 30.3 Å². The SMILES string of the molecule is CCCCCC(=O)CCCCC(=O)C[C@H]1CCCCC1CCCC. The molecule has 0 aromatic carbocycles. The fourth-order valence-electron chi connectivity index (χ4n) is 4.14. The zero-order valence-corrected chi connectivity index (χ0v) is 16.3. The number of ketones is 2. The lowest BCUT2D eigenvalue weighted by Gasteiger charge is -2.31. The maximum atomic E-state index is 12.3. The van der Waals surface area contributed by atoms with Crippen LogP contribution in [0.5, 0.6) is 0 Å². The minimum Gasteiger partial charge on any atom is -0.300 e. The summed E-state index contributed by atoms with van der Waals surface area (Å²) in [5, 5.41) is 0. The van der Waals surface area contributed by atoms with Crippen molar-refractivity contribution >= 4 is 11.6 Å². The van der Waals surface area contributed by atoms with Crippen molar-refractivity contribution in [3.05, 3.63) is 0 Å². The van der Waals surface area contributed by atoms with E-state index in [9.17, 15) is 9.59 Å². The highest BCUT2D eigenvalue weighted by Crippen LogP contribution is 2.36. The molecule has 0 aromatic heterocycles. The Bertz CT molecular complexity index is 348. The van der Waals surface area contributed by atoms with Crippen molar-refractivity contribution in [2.45, 2.75) is 117 Å². The fraction of sp³-hybridized carbons (Fsp3) is 0.909. The van der Waals surface area contributed by atoms with Crippen LogP contribution < -0.4 is 0 Å². The van der Waals surface area contributed by atoms with E-state index in [1.807, 2.05) is 0 Å². The second-order valence-electron chi connectivity index (χ2n) is 7.89. The molecule has 0 N–H and O–H groups in total. The van der Waals surface area contributed by atoms with Crippen LogP contribution in [0.3, 0.4) is 0 Å². The average molecular weight is 337 g/mol. The van der Waals surface area contributed by atoms with Gasteiger partial charge >= 0.3 is 0 Å². The van der Waals surface area contributed by atoms with E-state index in [-0.39, 0.29) is 0 Å². The van der Waals surface area contributed by atoms with E-state index < -0.39 is 0 Å². The molecule has 1 rings (SSSR count). The predicted molar refractivity (Wildman–Crippen MR) is 102 cm³/mol. The molecule has 1 unspecified atom stereocenters. The van der Waals surface area contributed by atoms with Crippen LogP contribution in [0, 0.1) is 11.8 Å². The molecular weight excluding hydrogens is 296 g/mol. The Morgan fingerprint density at radius 1 is 0.708 bits per heavy atom. The molecule has 1 fully saturated rings. The van der Waals surface area contributed by atoms with Gasteiger partial charge in [0.2, 0.25) is 0 Å². The van der Waals surface area contributed by atoms with Gasteiger partial charge in [0.15, 0.2) is 0 Å². The van der Waals surface area contributed by atoms with Gasteiger partial charge in [-0.2, -0.15) is 0 Å². The van der Waals surface area contributed by atoms with Crippen molar-refractivity contribution in [3.63, 3.8) is 0 Å². The first-order valence-electron chi connectivity index (χ1n) is 10.7. The van der Waals surface area contributed by atoms with E-state index in [1.165, 1.54) is 51.4 Å². The van der Waals surface area contributed by atoms with Crippen LogP contribution in [-0.4, -0.2) is 11.6 Å². The maximum absolute atomic E-state index is 12.3. The van der Waals surface area contributed by atoms with E-state index in [0.717, 1.165) is 44.4 Å². The van der Waals surface area contributed by atoms with E-state index in [4.69, 9.17) is 0 Å². The summed E-state index contributed by atoms with van der Waals surface area (Å²) in [5.74, 6) is 2.28. The van der Waals surface area contributed by atoms with Crippen molar-refractivity contribution in [3.8, 4) is 0 Å². The van der Waals surface area contributed by atoms with Crippen LogP contribution in [0.4, 0.5) is 0 Å². The summed E-state index contributed by atoms with van der Waals surface area (Å²) in [6.07, 6.45) is 17.3. The molecule has 0 spiro atoms. The van der Waals surface area contributed by atoms with Gasteiger partial charge in [-0.3, -0.25) is 9.59 Å². The molecule has 140 valence electrons. The van der Waals surface area contributed by atoms with Gasteiger partial charge < -0.3 is 0 Å². The normalized spacial score (nSPS) is 20.9. The lowest BCUT2D eigenvalue weighted by Crippen LogP contribution is -2.22. The highest BCUT2D eigenvalue weighted by Gasteiger charge is 2.26. The van der Waals surface area contributed by atoms with Gasteiger partial charge in [0.05, 0.1) is 0 Å². The van der Waals surface area contributed by atoms with Gasteiger partial charge in [-0.1, -0.05) is 65.2 Å². The molecule has 2 nitrogen and oxygen atoms in total. The molecule has 0 aromatic rings. The first kappa shape index (κ1) is 21.4. The average Bonchev–Trinajstić information content (AvgIpc) is 2.58. The van der Waals surface area contributed by atoms with Crippen molar-refractivity contribution < 1.29 is 9.59 Å². The minimum atomic E-state index is 0.391. The summed E-state index contributed by atoms with van der Waals surface area (Å²) in [6, 6.07) is 0. The maximum Gasteiger partial charge on any atom is 0.133 e. The van der Waals surface area contributed by atoms with E-state index >= 15 is 0 Å². The Balaban J connectivity index is 2.14. The number of Topliss-reactive ketones (excluding diaryl/α,β-unsaturated/α-hetero) is 2. The van der Waals surface area contributed by atoms with Crippen LogP contribution >= 0.6 is 0 Å². The third kappa shape index (κ3) is 9.59. The zero-order chi connectivity index (χ0) is 17.6. The Morgan fingerprint density at radius 3 is 1.88 bits per heavy atom. The molecule has 0 heterocycles. The standard InChI is InChI=1S/C22H40O2/c1-3-5-7-15-21(23)16-10-11-17-22(24)18-20-14-9-8-13-19(20)12-6-4-2/h19-20H,3-18H2,1-2H3/t19?,20-/m1/s1. The number of hydrogen-bond donors (Lipinski definition) is 0. The lowest BCUT2D eigenvalue weighted by molar-refractivity contribution is -0.122. The first-order valence-corrected chi connectivity index (χ1v) is 10.7. The monoisotopic (exact) mass is 336 g/mol. The zero-order valence-electron chi connectivity index (χ0n) is 16.3. The summed E-state index contributed by atoms with van der Waals surface area (Å²) in [6.45, 7) is 4.42. The number of rotatable bonds is 14. The smallest absolute Gasteiger partial charge is 0.133 e. The summed E-state index contributed by atoms with van der Waals surface area (Å²) in [7, 11) is 0. The van der Waals surface area contributed by atoms with Gasteiger partial charge in [-0.05, 0) is 37.5 Å². The quantitative estimate of drug-likeness (QED) is 0.333. The number of carbonyl (C=O) groups excluding carboxylic acids is 2. The molecule has 0 aliphatic heterocycles. The summed E-state index contributed by atoms with van der Waals surface area (Å²) in [4.78, 5) is 24.0. The molecule has 0 amide bonds. The van der Waals surface area contributed by atoms with E-state index in [2.05, 4.69) is 13.8 Å². The van der Waals surface area contributed by atoms with Crippen molar-refractivity contribution in [2.75, 3.05) is 0 Å². The topological polar surface area (TPSA) is 34.1 Å². The molecule has 0 saturated heterocycles. The van der Waals surface area contributed by atoms with Crippen LogP contribution in [0.15, 0.2) is 0 Å². The predicted octanol–water partition coefficient (Wildman–Crippen LogP) is 6.65. The second kappa shape index (κ2) is 13.6. The largest absolute Gasteiger partial charge is 0.300 e. The van der Waals surface area contributed by atoms with Gasteiger partial charge in [-0.15, -0.1) is 0 Å². The first-order chi connectivity index (χ1) is 11.7. The lowest BCUT2D eigenvalue weighted by atomic mass is 9.74. The Morgan fingerprint density at radius 2 is 1.25 bits per heavy atom. The molecule has 1 aliphatic carbocycles. The second-order valence-corrected chi connectivity index (χ2v) is 7.89. The molecule has 2 atom stereocenters. The Labute approximate surface area is 150 Å². The summed E-state index contributed by atoms with van der Waals surface area (Å²) >= 11 is 0. The molecule has 1 aliphatic rings. The minimum absolute atomic E-state index is 0.391. The van der Waals surface area contributed by atoms with E-state index in [1.54, 1.807) is 0 Å². The van der Waals surface area contributed by atoms with Crippen molar-refractivity contribution in [1.29, 1.82) is 0 Å². The molecular formula is C22H40O2. The van der Waals surface area contributed by atoms with Crippen molar-refractivity contribution in [1.82, 2.24) is 0 Å². The Kier molecular flexibility index (Phi) is 12.1.